The van der Waals surface area contributed by atoms with Crippen molar-refractivity contribution in [2.45, 2.75) is 25.7 Å². The zero-order chi connectivity index (χ0) is 22.7. The average Bonchev–Trinajstić information content (AvgIpc) is 3.22. The second-order valence-electron chi connectivity index (χ2n) is 7.55. The van der Waals surface area contributed by atoms with Gasteiger partial charge in [0.05, 0.1) is 48.6 Å². The molecule has 0 aliphatic carbocycles. The monoisotopic (exact) mass is 444 g/mol. The molecular formula is C21H25FN6O4. The highest BCUT2D eigenvalue weighted by Crippen LogP contribution is 2.29. The van der Waals surface area contributed by atoms with Crippen LogP contribution in [0.4, 0.5) is 20.8 Å². The van der Waals surface area contributed by atoms with Crippen molar-refractivity contribution in [2.24, 2.45) is 0 Å². The molecule has 1 fully saturated rings. The summed E-state index contributed by atoms with van der Waals surface area (Å²) in [5.74, 6) is 0.480. The smallest absolute Gasteiger partial charge is 0.320 e. The molecule has 2 atom stereocenters. The quantitative estimate of drug-likeness (QED) is 0.390. The SMILES string of the molecule is CC(O)C(NC(=O)Nc1cc2[nH]nc(N3CCOCC3)c2c(CO)n1)c1ccc(F)cc1. The van der Waals surface area contributed by atoms with Crippen LogP contribution in [0.2, 0.25) is 0 Å². The predicted molar refractivity (Wildman–Crippen MR) is 116 cm³/mol. The zero-order valence-corrected chi connectivity index (χ0v) is 17.5. The van der Waals surface area contributed by atoms with Gasteiger partial charge in [-0.25, -0.2) is 14.2 Å². The van der Waals surface area contributed by atoms with Crippen LogP contribution < -0.4 is 15.5 Å². The predicted octanol–water partition coefficient (Wildman–Crippen LogP) is 1.67. The van der Waals surface area contributed by atoms with Crippen LogP contribution in [0, 0.1) is 5.82 Å². The summed E-state index contributed by atoms with van der Waals surface area (Å²) in [5.41, 5.74) is 1.55. The number of H-pyrrole nitrogens is 1. The average molecular weight is 444 g/mol. The second-order valence-corrected chi connectivity index (χ2v) is 7.55. The number of nitrogens with zero attached hydrogens (tertiary/aromatic N) is 3. The minimum absolute atomic E-state index is 0.208. The lowest BCUT2D eigenvalue weighted by Gasteiger charge is -2.27. The number of nitrogens with one attached hydrogen (secondary N) is 3. The van der Waals surface area contributed by atoms with Gasteiger partial charge in [-0.2, -0.15) is 5.10 Å². The van der Waals surface area contributed by atoms with Gasteiger partial charge in [0, 0.05) is 19.2 Å². The molecule has 10 nitrogen and oxygen atoms in total. The number of hydrogen-bond donors (Lipinski definition) is 5. The molecule has 1 aliphatic heterocycles. The van der Waals surface area contributed by atoms with E-state index < -0.39 is 24.0 Å². The summed E-state index contributed by atoms with van der Waals surface area (Å²) in [6.07, 6.45) is -0.918. The molecule has 170 valence electrons. The Labute approximate surface area is 183 Å². The van der Waals surface area contributed by atoms with Gasteiger partial charge in [-0.05, 0) is 24.6 Å². The number of hydrogen-bond acceptors (Lipinski definition) is 7. The molecule has 0 spiro atoms. The minimum Gasteiger partial charge on any atom is -0.391 e. The van der Waals surface area contributed by atoms with E-state index in [-0.39, 0.29) is 12.4 Å². The van der Waals surface area contributed by atoms with Gasteiger partial charge in [-0.1, -0.05) is 12.1 Å². The van der Waals surface area contributed by atoms with Crippen LogP contribution in [0.3, 0.4) is 0 Å². The Hall–Kier alpha value is -3.28. The molecule has 11 heteroatoms. The van der Waals surface area contributed by atoms with Crippen LogP contribution >= 0.6 is 0 Å². The first-order valence-corrected chi connectivity index (χ1v) is 10.3. The Morgan fingerprint density at radius 1 is 1.31 bits per heavy atom. The zero-order valence-electron chi connectivity index (χ0n) is 17.5. The molecule has 1 saturated heterocycles. The third-order valence-corrected chi connectivity index (χ3v) is 5.30. The number of morpholine rings is 1. The Balaban J connectivity index is 1.54. The van der Waals surface area contributed by atoms with E-state index in [1.54, 1.807) is 6.07 Å². The fraction of sp³-hybridized carbons (Fsp3) is 0.381. The Bertz CT molecular complexity index is 1080. The third kappa shape index (κ3) is 4.64. The Morgan fingerprint density at radius 3 is 2.69 bits per heavy atom. The van der Waals surface area contributed by atoms with Crippen molar-refractivity contribution in [3.8, 4) is 0 Å². The van der Waals surface area contributed by atoms with Gasteiger partial charge in [-0.3, -0.25) is 10.4 Å². The van der Waals surface area contributed by atoms with Gasteiger partial charge >= 0.3 is 6.03 Å². The number of benzene rings is 1. The topological polar surface area (TPSA) is 136 Å². The molecule has 0 saturated carbocycles. The van der Waals surface area contributed by atoms with Crippen LogP contribution in [0.1, 0.15) is 24.2 Å². The number of carbonyl (C=O) groups is 1. The molecule has 2 amide bonds. The molecule has 1 aliphatic rings. The molecule has 3 heterocycles. The maximum absolute atomic E-state index is 13.2. The number of amides is 2. The molecule has 2 aromatic heterocycles. The van der Waals surface area contributed by atoms with E-state index in [9.17, 15) is 19.4 Å². The normalized spacial score (nSPS) is 16.1. The van der Waals surface area contributed by atoms with E-state index >= 15 is 0 Å². The van der Waals surface area contributed by atoms with Crippen LogP contribution in [0.5, 0.6) is 0 Å². The first-order valence-electron chi connectivity index (χ1n) is 10.3. The highest BCUT2D eigenvalue weighted by Gasteiger charge is 2.23. The van der Waals surface area contributed by atoms with E-state index in [0.717, 1.165) is 0 Å². The number of aliphatic hydroxyl groups excluding tert-OH is 2. The summed E-state index contributed by atoms with van der Waals surface area (Å²) in [6.45, 7) is 3.73. The second kappa shape index (κ2) is 9.47. The molecule has 0 radical (unpaired) electrons. The Kier molecular flexibility index (Phi) is 6.49. The van der Waals surface area contributed by atoms with Crippen LogP contribution in [-0.2, 0) is 11.3 Å². The maximum Gasteiger partial charge on any atom is 0.320 e. The first-order chi connectivity index (χ1) is 15.5. The van der Waals surface area contributed by atoms with Gasteiger partial charge < -0.3 is 25.2 Å². The fourth-order valence-corrected chi connectivity index (χ4v) is 3.73. The van der Waals surface area contributed by atoms with Crippen molar-refractivity contribution in [1.82, 2.24) is 20.5 Å². The number of fused-ring (bicyclic) bond motifs is 1. The summed E-state index contributed by atoms with van der Waals surface area (Å²) in [5, 5.41) is 33.3. The molecule has 32 heavy (non-hydrogen) atoms. The van der Waals surface area contributed by atoms with E-state index in [0.29, 0.717) is 54.3 Å². The number of anilines is 2. The van der Waals surface area contributed by atoms with Crippen molar-refractivity contribution in [3.05, 3.63) is 47.4 Å². The molecule has 1 aromatic carbocycles. The standard InChI is InChI=1S/C21H25FN6O4/c1-12(30)19(13-2-4-14(22)5-3-13)25-21(31)24-17-10-15-18(16(11-29)23-17)20(27-26-15)28-6-8-32-9-7-28/h2-5,10,12,19,29-30H,6-9,11H2,1H3,(H,26,27)(H2,23,24,25,31). The van der Waals surface area contributed by atoms with Crippen molar-refractivity contribution in [3.63, 3.8) is 0 Å². The molecule has 2 unspecified atom stereocenters. The van der Waals surface area contributed by atoms with Gasteiger partial charge in [0.25, 0.3) is 0 Å². The van der Waals surface area contributed by atoms with Gasteiger partial charge in [-0.15, -0.1) is 0 Å². The van der Waals surface area contributed by atoms with Crippen molar-refractivity contribution < 1.29 is 24.1 Å². The largest absolute Gasteiger partial charge is 0.391 e. The lowest BCUT2D eigenvalue weighted by molar-refractivity contribution is 0.122. The lowest BCUT2D eigenvalue weighted by Crippen LogP contribution is -2.38. The molecular weight excluding hydrogens is 419 g/mol. The number of aromatic amines is 1. The van der Waals surface area contributed by atoms with E-state index in [1.165, 1.54) is 31.2 Å². The minimum atomic E-state index is -0.918. The summed E-state index contributed by atoms with van der Waals surface area (Å²) in [6, 6.07) is 5.79. The fourth-order valence-electron chi connectivity index (χ4n) is 3.73. The van der Waals surface area contributed by atoms with Crippen LogP contribution in [-0.4, -0.2) is 63.8 Å². The maximum atomic E-state index is 13.2. The number of aromatic nitrogens is 3. The Morgan fingerprint density at radius 2 is 2.03 bits per heavy atom. The van der Waals surface area contributed by atoms with Crippen molar-refractivity contribution in [2.75, 3.05) is 36.5 Å². The number of ether oxygens (including phenoxy) is 1. The highest BCUT2D eigenvalue weighted by molar-refractivity contribution is 5.96. The van der Waals surface area contributed by atoms with E-state index in [1.807, 2.05) is 0 Å². The van der Waals surface area contributed by atoms with Crippen LogP contribution in [0.15, 0.2) is 30.3 Å². The number of halogens is 1. The highest BCUT2D eigenvalue weighted by atomic mass is 19.1. The summed E-state index contributed by atoms with van der Waals surface area (Å²) in [7, 11) is 0. The van der Waals surface area contributed by atoms with Crippen LogP contribution in [0.25, 0.3) is 10.9 Å². The van der Waals surface area contributed by atoms with Gasteiger partial charge in [0.1, 0.15) is 11.6 Å². The van der Waals surface area contributed by atoms with Gasteiger partial charge in [0.2, 0.25) is 0 Å². The van der Waals surface area contributed by atoms with Crippen molar-refractivity contribution in [1.29, 1.82) is 0 Å². The van der Waals surface area contributed by atoms with E-state index in [4.69, 9.17) is 4.74 Å². The van der Waals surface area contributed by atoms with Crippen molar-refractivity contribution >= 4 is 28.6 Å². The number of aliphatic hydroxyl groups is 2. The third-order valence-electron chi connectivity index (χ3n) is 5.30. The molecule has 3 aromatic rings. The van der Waals surface area contributed by atoms with E-state index in [2.05, 4.69) is 30.7 Å². The lowest BCUT2D eigenvalue weighted by atomic mass is 10.0. The van der Waals surface area contributed by atoms with Gasteiger partial charge in [0.15, 0.2) is 5.82 Å². The number of urea groups is 1. The molecule has 0 bridgehead atoms. The summed E-state index contributed by atoms with van der Waals surface area (Å²) in [4.78, 5) is 19.0. The first kappa shape index (κ1) is 21.9. The molecule has 5 N–H and O–H groups in total. The molecule has 4 rings (SSSR count). The number of pyridine rings is 1. The number of carbonyl (C=O) groups excluding carboxylic acids is 1. The summed E-state index contributed by atoms with van der Waals surface area (Å²) < 4.78 is 18.6. The summed E-state index contributed by atoms with van der Waals surface area (Å²) >= 11 is 0. The number of rotatable bonds is 6.